The summed E-state index contributed by atoms with van der Waals surface area (Å²) in [4.78, 5) is 7.10. The van der Waals surface area contributed by atoms with Crippen LogP contribution in [0.2, 0.25) is 0 Å². The van der Waals surface area contributed by atoms with Crippen LogP contribution in [0, 0.1) is 0 Å². The van der Waals surface area contributed by atoms with Gasteiger partial charge in [-0.3, -0.25) is 4.99 Å². The highest BCUT2D eigenvalue weighted by atomic mass is 15.2. The number of nitrogens with zero attached hydrogens (tertiary/aromatic N) is 2. The summed E-state index contributed by atoms with van der Waals surface area (Å²) in [7, 11) is 2.19. The fraction of sp³-hybridized carbons (Fsp3) is 0.938. The quantitative estimate of drug-likeness (QED) is 0.557. The second kappa shape index (κ2) is 10.0. The van der Waals surface area contributed by atoms with Gasteiger partial charge in [-0.2, -0.15) is 0 Å². The fourth-order valence-electron chi connectivity index (χ4n) is 2.61. The van der Waals surface area contributed by atoms with Gasteiger partial charge in [-0.25, -0.2) is 0 Å². The zero-order valence-electron chi connectivity index (χ0n) is 13.9. The molecule has 118 valence electrons. The Balaban J connectivity index is 2.37. The molecule has 0 radical (unpaired) electrons. The van der Waals surface area contributed by atoms with Crippen molar-refractivity contribution < 1.29 is 0 Å². The second-order valence-corrected chi connectivity index (χ2v) is 5.98. The Hall–Kier alpha value is -0.770. The van der Waals surface area contributed by atoms with E-state index < -0.39 is 0 Å². The monoisotopic (exact) mass is 282 g/mol. The number of hydrogen-bond donors (Lipinski definition) is 2. The molecule has 0 amide bonds. The molecule has 0 saturated heterocycles. The highest BCUT2D eigenvalue weighted by Gasteiger charge is 2.14. The van der Waals surface area contributed by atoms with Crippen LogP contribution in [-0.4, -0.2) is 49.6 Å². The predicted molar refractivity (Wildman–Crippen MR) is 88.4 cm³/mol. The van der Waals surface area contributed by atoms with Crippen LogP contribution in [0.4, 0.5) is 0 Å². The van der Waals surface area contributed by atoms with Crippen LogP contribution in [0.15, 0.2) is 4.99 Å². The van der Waals surface area contributed by atoms with Gasteiger partial charge in [0.25, 0.3) is 0 Å². The standard InChI is InChI=1S/C16H34N4/c1-5-14(3)20(4)13-12-18-16(17-6-2)19-15-10-8-7-9-11-15/h14-15H,5-13H2,1-4H3,(H2,17,18,19). The van der Waals surface area contributed by atoms with E-state index in [1.165, 1.54) is 38.5 Å². The Morgan fingerprint density at radius 1 is 1.25 bits per heavy atom. The lowest BCUT2D eigenvalue weighted by Crippen LogP contribution is -2.44. The van der Waals surface area contributed by atoms with E-state index in [2.05, 4.69) is 43.4 Å². The molecule has 0 spiro atoms. The van der Waals surface area contributed by atoms with Crippen LogP contribution in [0.25, 0.3) is 0 Å². The molecule has 0 bridgehead atoms. The first kappa shape index (κ1) is 17.3. The third-order valence-electron chi connectivity index (χ3n) is 4.36. The molecule has 0 aromatic rings. The molecular formula is C16H34N4. The number of rotatable bonds is 7. The number of likely N-dealkylation sites (N-methyl/N-ethyl adjacent to an activating group) is 1. The number of hydrogen-bond acceptors (Lipinski definition) is 2. The molecule has 4 nitrogen and oxygen atoms in total. The Morgan fingerprint density at radius 2 is 1.95 bits per heavy atom. The molecule has 1 atom stereocenters. The molecule has 4 heteroatoms. The van der Waals surface area contributed by atoms with Crippen molar-refractivity contribution in [2.45, 2.75) is 71.4 Å². The molecule has 2 N–H and O–H groups in total. The third-order valence-corrected chi connectivity index (χ3v) is 4.36. The van der Waals surface area contributed by atoms with Crippen molar-refractivity contribution in [3.63, 3.8) is 0 Å². The normalized spacial score (nSPS) is 19.1. The van der Waals surface area contributed by atoms with E-state index in [9.17, 15) is 0 Å². The number of nitrogens with one attached hydrogen (secondary N) is 2. The summed E-state index contributed by atoms with van der Waals surface area (Å²) in [5.41, 5.74) is 0. The van der Waals surface area contributed by atoms with Crippen molar-refractivity contribution >= 4 is 5.96 Å². The van der Waals surface area contributed by atoms with E-state index in [0.29, 0.717) is 12.1 Å². The Labute approximate surface area is 125 Å². The van der Waals surface area contributed by atoms with Crippen molar-refractivity contribution in [1.29, 1.82) is 0 Å². The zero-order valence-corrected chi connectivity index (χ0v) is 13.9. The third kappa shape index (κ3) is 6.60. The summed E-state index contributed by atoms with van der Waals surface area (Å²) in [6.07, 6.45) is 7.88. The Kier molecular flexibility index (Phi) is 8.67. The van der Waals surface area contributed by atoms with E-state index in [1.54, 1.807) is 0 Å². The van der Waals surface area contributed by atoms with Crippen LogP contribution >= 0.6 is 0 Å². The van der Waals surface area contributed by atoms with Crippen molar-refractivity contribution in [2.75, 3.05) is 26.7 Å². The summed E-state index contributed by atoms with van der Waals surface area (Å²) in [5.74, 6) is 0.997. The topological polar surface area (TPSA) is 39.7 Å². The molecule has 1 rings (SSSR count). The van der Waals surface area contributed by atoms with E-state index in [0.717, 1.165) is 25.6 Å². The molecule has 1 fully saturated rings. The first-order valence-electron chi connectivity index (χ1n) is 8.42. The smallest absolute Gasteiger partial charge is 0.191 e. The van der Waals surface area contributed by atoms with Gasteiger partial charge >= 0.3 is 0 Å². The van der Waals surface area contributed by atoms with Crippen molar-refractivity contribution in [1.82, 2.24) is 15.5 Å². The summed E-state index contributed by atoms with van der Waals surface area (Å²) in [6.45, 7) is 9.45. The highest BCUT2D eigenvalue weighted by molar-refractivity contribution is 5.80. The first-order chi connectivity index (χ1) is 9.67. The lowest BCUT2D eigenvalue weighted by molar-refractivity contribution is 0.259. The minimum absolute atomic E-state index is 0.619. The zero-order chi connectivity index (χ0) is 14.8. The summed E-state index contributed by atoms with van der Waals surface area (Å²) in [5, 5.41) is 6.96. The van der Waals surface area contributed by atoms with E-state index >= 15 is 0 Å². The Bertz CT molecular complexity index is 272. The predicted octanol–water partition coefficient (Wildman–Crippen LogP) is 2.60. The van der Waals surface area contributed by atoms with E-state index in [1.807, 2.05) is 0 Å². The van der Waals surface area contributed by atoms with Crippen molar-refractivity contribution in [3.05, 3.63) is 0 Å². The van der Waals surface area contributed by atoms with Gasteiger partial charge < -0.3 is 15.5 Å². The molecular weight excluding hydrogens is 248 g/mol. The number of guanidine groups is 1. The van der Waals surface area contributed by atoms with Gasteiger partial charge in [0.15, 0.2) is 5.96 Å². The molecule has 0 heterocycles. The highest BCUT2D eigenvalue weighted by Crippen LogP contribution is 2.17. The van der Waals surface area contributed by atoms with Crippen LogP contribution < -0.4 is 10.6 Å². The average molecular weight is 282 g/mol. The molecule has 1 unspecified atom stereocenters. The van der Waals surface area contributed by atoms with Gasteiger partial charge in [-0.1, -0.05) is 26.2 Å². The molecule has 20 heavy (non-hydrogen) atoms. The summed E-state index contributed by atoms with van der Waals surface area (Å²) < 4.78 is 0. The molecule has 0 aromatic carbocycles. The van der Waals surface area contributed by atoms with Crippen LogP contribution in [0.3, 0.4) is 0 Å². The van der Waals surface area contributed by atoms with E-state index in [-0.39, 0.29) is 0 Å². The molecule has 1 saturated carbocycles. The van der Waals surface area contributed by atoms with Gasteiger partial charge in [0.1, 0.15) is 0 Å². The van der Waals surface area contributed by atoms with Crippen LogP contribution in [0.1, 0.15) is 59.3 Å². The molecule has 0 aromatic heterocycles. The molecule has 1 aliphatic rings. The molecule has 1 aliphatic carbocycles. The van der Waals surface area contributed by atoms with Crippen molar-refractivity contribution in [3.8, 4) is 0 Å². The minimum Gasteiger partial charge on any atom is -0.357 e. The summed E-state index contributed by atoms with van der Waals surface area (Å²) >= 11 is 0. The SMILES string of the molecule is CCNC(=NCCN(C)C(C)CC)NC1CCCCC1. The second-order valence-electron chi connectivity index (χ2n) is 5.98. The van der Waals surface area contributed by atoms with E-state index in [4.69, 9.17) is 4.99 Å². The van der Waals surface area contributed by atoms with Crippen molar-refractivity contribution in [2.24, 2.45) is 4.99 Å². The van der Waals surface area contributed by atoms with Crippen LogP contribution in [-0.2, 0) is 0 Å². The molecule has 0 aliphatic heterocycles. The maximum atomic E-state index is 4.72. The van der Waals surface area contributed by atoms with Gasteiger partial charge in [0.2, 0.25) is 0 Å². The lowest BCUT2D eigenvalue weighted by Gasteiger charge is -2.25. The van der Waals surface area contributed by atoms with Gasteiger partial charge in [0, 0.05) is 25.2 Å². The number of aliphatic imine (C=N–C) groups is 1. The van der Waals surface area contributed by atoms with Gasteiger partial charge in [-0.05, 0) is 40.2 Å². The largest absolute Gasteiger partial charge is 0.357 e. The maximum absolute atomic E-state index is 4.72. The minimum atomic E-state index is 0.619. The van der Waals surface area contributed by atoms with Gasteiger partial charge in [0.05, 0.1) is 6.54 Å². The van der Waals surface area contributed by atoms with Gasteiger partial charge in [-0.15, -0.1) is 0 Å². The maximum Gasteiger partial charge on any atom is 0.191 e. The fourth-order valence-corrected chi connectivity index (χ4v) is 2.61. The van der Waals surface area contributed by atoms with Crippen LogP contribution in [0.5, 0.6) is 0 Å². The lowest BCUT2D eigenvalue weighted by atomic mass is 9.96. The average Bonchev–Trinajstić information content (AvgIpc) is 2.47. The Morgan fingerprint density at radius 3 is 2.55 bits per heavy atom. The first-order valence-corrected chi connectivity index (χ1v) is 8.42. The summed E-state index contributed by atoms with van der Waals surface area (Å²) in [6, 6.07) is 1.26.